The fourth-order valence-corrected chi connectivity index (χ4v) is 3.01. The first-order chi connectivity index (χ1) is 7.24. The third kappa shape index (κ3) is 2.21. The fourth-order valence-electron chi connectivity index (χ4n) is 3.01. The van der Waals surface area contributed by atoms with Crippen molar-refractivity contribution < 1.29 is 0 Å². The van der Waals surface area contributed by atoms with Crippen molar-refractivity contribution in [2.24, 2.45) is 5.41 Å². The lowest BCUT2D eigenvalue weighted by atomic mass is 9.73. The van der Waals surface area contributed by atoms with E-state index in [0.29, 0.717) is 11.0 Å². The van der Waals surface area contributed by atoms with E-state index in [-0.39, 0.29) is 0 Å². The van der Waals surface area contributed by atoms with Gasteiger partial charge in [-0.1, -0.05) is 13.8 Å². The van der Waals surface area contributed by atoms with Crippen LogP contribution in [0.2, 0.25) is 0 Å². The van der Waals surface area contributed by atoms with Crippen molar-refractivity contribution in [3.63, 3.8) is 0 Å². The normalized spacial score (nSPS) is 34.0. The quantitative estimate of drug-likeness (QED) is 0.727. The van der Waals surface area contributed by atoms with Gasteiger partial charge in [-0.15, -0.1) is 0 Å². The van der Waals surface area contributed by atoms with E-state index in [4.69, 9.17) is 0 Å². The van der Waals surface area contributed by atoms with E-state index in [1.54, 1.807) is 0 Å². The summed E-state index contributed by atoms with van der Waals surface area (Å²) in [7, 11) is 0. The molecule has 1 saturated heterocycles. The Morgan fingerprint density at radius 3 is 2.33 bits per heavy atom. The van der Waals surface area contributed by atoms with E-state index >= 15 is 0 Å². The number of nitrogens with one attached hydrogen (secondary N) is 2. The average molecular weight is 210 g/mol. The Labute approximate surface area is 94.2 Å². The number of rotatable bonds is 5. The monoisotopic (exact) mass is 210 g/mol. The molecule has 1 heterocycles. The largest absolute Gasteiger partial charge is 0.316 e. The highest BCUT2D eigenvalue weighted by Crippen LogP contribution is 2.37. The molecule has 15 heavy (non-hydrogen) atoms. The summed E-state index contributed by atoms with van der Waals surface area (Å²) in [6.45, 7) is 8.33. The van der Waals surface area contributed by atoms with Gasteiger partial charge in [0.25, 0.3) is 0 Å². The van der Waals surface area contributed by atoms with Gasteiger partial charge >= 0.3 is 0 Å². The first kappa shape index (κ1) is 11.4. The van der Waals surface area contributed by atoms with E-state index in [9.17, 15) is 0 Å². The molecule has 0 bridgehead atoms. The van der Waals surface area contributed by atoms with Gasteiger partial charge < -0.3 is 10.6 Å². The van der Waals surface area contributed by atoms with Crippen LogP contribution in [0.5, 0.6) is 0 Å². The van der Waals surface area contributed by atoms with Crippen LogP contribution in [-0.2, 0) is 0 Å². The maximum atomic E-state index is 3.88. The molecular weight excluding hydrogens is 184 g/mol. The molecular formula is C13H26N2. The maximum Gasteiger partial charge on any atom is 0.0179 e. The van der Waals surface area contributed by atoms with Gasteiger partial charge in [0.05, 0.1) is 0 Å². The highest BCUT2D eigenvalue weighted by molar-refractivity contribution is 4.98. The molecule has 1 unspecified atom stereocenters. The highest BCUT2D eigenvalue weighted by atomic mass is 15.0. The summed E-state index contributed by atoms with van der Waals surface area (Å²) in [5, 5.41) is 7.39. The molecule has 2 nitrogen and oxygen atoms in total. The third-order valence-electron chi connectivity index (χ3n) is 4.91. The summed E-state index contributed by atoms with van der Waals surface area (Å²) < 4.78 is 0. The Morgan fingerprint density at radius 1 is 1.13 bits per heavy atom. The van der Waals surface area contributed by atoms with Crippen LogP contribution in [-0.4, -0.2) is 25.2 Å². The lowest BCUT2D eigenvalue weighted by Gasteiger charge is -2.44. The van der Waals surface area contributed by atoms with Crippen molar-refractivity contribution in [3.05, 3.63) is 0 Å². The predicted molar refractivity (Wildman–Crippen MR) is 65.1 cm³/mol. The summed E-state index contributed by atoms with van der Waals surface area (Å²) in [4.78, 5) is 0. The van der Waals surface area contributed by atoms with Crippen molar-refractivity contribution in [1.82, 2.24) is 10.6 Å². The van der Waals surface area contributed by atoms with E-state index in [2.05, 4.69) is 24.5 Å². The summed E-state index contributed by atoms with van der Waals surface area (Å²) in [5.41, 5.74) is 1.07. The lowest BCUT2D eigenvalue weighted by Crippen LogP contribution is -2.54. The number of hydrogen-bond donors (Lipinski definition) is 2. The average Bonchev–Trinajstić information content (AvgIpc) is 2.66. The molecule has 0 radical (unpaired) electrons. The van der Waals surface area contributed by atoms with Crippen LogP contribution in [0.3, 0.4) is 0 Å². The molecule has 0 aromatic heterocycles. The van der Waals surface area contributed by atoms with Gasteiger partial charge in [-0.2, -0.15) is 0 Å². The molecule has 0 amide bonds. The Morgan fingerprint density at radius 2 is 1.93 bits per heavy atom. The Balaban J connectivity index is 1.85. The van der Waals surface area contributed by atoms with Gasteiger partial charge in [-0.25, -0.2) is 0 Å². The topological polar surface area (TPSA) is 24.1 Å². The molecule has 1 aliphatic heterocycles. The first-order valence-electron chi connectivity index (χ1n) is 6.70. The molecule has 2 N–H and O–H groups in total. The second-order valence-corrected chi connectivity index (χ2v) is 5.62. The van der Waals surface area contributed by atoms with Crippen molar-refractivity contribution in [2.75, 3.05) is 19.6 Å². The minimum Gasteiger partial charge on any atom is -0.316 e. The van der Waals surface area contributed by atoms with Crippen molar-refractivity contribution >= 4 is 0 Å². The molecule has 2 fully saturated rings. The minimum atomic E-state index is 0.519. The molecule has 1 saturated carbocycles. The first-order valence-corrected chi connectivity index (χ1v) is 6.70. The van der Waals surface area contributed by atoms with Crippen LogP contribution in [0.1, 0.15) is 52.4 Å². The molecule has 0 spiro atoms. The van der Waals surface area contributed by atoms with Crippen molar-refractivity contribution in [3.8, 4) is 0 Å². The molecule has 0 aromatic rings. The van der Waals surface area contributed by atoms with E-state index < -0.39 is 0 Å². The lowest BCUT2D eigenvalue weighted by molar-refractivity contribution is 0.145. The fraction of sp³-hybridized carbons (Fsp3) is 1.00. The van der Waals surface area contributed by atoms with Gasteiger partial charge in [0.15, 0.2) is 0 Å². The predicted octanol–water partition coefficient (Wildman–Crippen LogP) is 2.30. The van der Waals surface area contributed by atoms with Crippen LogP contribution in [0.15, 0.2) is 0 Å². The second kappa shape index (κ2) is 4.42. The molecule has 1 atom stereocenters. The van der Waals surface area contributed by atoms with Gasteiger partial charge in [0, 0.05) is 18.6 Å². The van der Waals surface area contributed by atoms with Crippen molar-refractivity contribution in [1.29, 1.82) is 0 Å². The summed E-state index contributed by atoms with van der Waals surface area (Å²) in [5.74, 6) is 0. The van der Waals surface area contributed by atoms with Gasteiger partial charge in [0.1, 0.15) is 0 Å². The minimum absolute atomic E-state index is 0.519. The third-order valence-corrected chi connectivity index (χ3v) is 4.91. The van der Waals surface area contributed by atoms with Crippen LogP contribution in [0, 0.1) is 5.41 Å². The summed E-state index contributed by atoms with van der Waals surface area (Å²) in [6.07, 6.45) is 8.20. The van der Waals surface area contributed by atoms with Crippen molar-refractivity contribution in [2.45, 2.75) is 57.9 Å². The summed E-state index contributed by atoms with van der Waals surface area (Å²) >= 11 is 0. The zero-order valence-electron chi connectivity index (χ0n) is 10.4. The number of hydrogen-bond acceptors (Lipinski definition) is 2. The Bertz CT molecular complexity index is 197. The van der Waals surface area contributed by atoms with Crippen LogP contribution >= 0.6 is 0 Å². The Hall–Kier alpha value is -0.0800. The van der Waals surface area contributed by atoms with Crippen LogP contribution in [0.25, 0.3) is 0 Å². The molecule has 2 rings (SSSR count). The summed E-state index contributed by atoms with van der Waals surface area (Å²) in [6, 6.07) is 0. The zero-order chi connectivity index (χ0) is 10.8. The molecule has 1 aliphatic carbocycles. The molecule has 0 aromatic carbocycles. The van der Waals surface area contributed by atoms with Crippen LogP contribution < -0.4 is 10.6 Å². The van der Waals surface area contributed by atoms with Crippen LogP contribution in [0.4, 0.5) is 0 Å². The molecule has 2 heteroatoms. The SMILES string of the molecule is CCC1(CNC2(CC)CCC2)CCNC1. The smallest absolute Gasteiger partial charge is 0.0179 e. The van der Waals surface area contributed by atoms with E-state index in [1.165, 1.54) is 58.2 Å². The van der Waals surface area contributed by atoms with E-state index in [1.807, 2.05) is 0 Å². The Kier molecular flexibility index (Phi) is 3.36. The molecule has 2 aliphatic rings. The second-order valence-electron chi connectivity index (χ2n) is 5.62. The highest BCUT2D eigenvalue weighted by Gasteiger charge is 2.38. The van der Waals surface area contributed by atoms with Gasteiger partial charge in [0.2, 0.25) is 0 Å². The van der Waals surface area contributed by atoms with Gasteiger partial charge in [-0.05, 0) is 50.5 Å². The standard InChI is InChI=1S/C13H26N2/c1-3-12(8-9-14-10-12)11-15-13(4-2)6-5-7-13/h14-15H,3-11H2,1-2H3. The molecule has 88 valence electrons. The van der Waals surface area contributed by atoms with Gasteiger partial charge in [-0.3, -0.25) is 0 Å². The maximum absolute atomic E-state index is 3.88. The van der Waals surface area contributed by atoms with E-state index in [0.717, 1.165) is 0 Å². The zero-order valence-corrected chi connectivity index (χ0v) is 10.4.